The molecule has 0 bridgehead atoms. The van der Waals surface area contributed by atoms with Gasteiger partial charge < -0.3 is 14.8 Å². The lowest BCUT2D eigenvalue weighted by atomic mass is 10.2. The number of ether oxygens (including phenoxy) is 2. The van der Waals surface area contributed by atoms with Crippen molar-refractivity contribution in [3.05, 3.63) is 53.8 Å². The predicted octanol–water partition coefficient (Wildman–Crippen LogP) is 1.93. The highest BCUT2D eigenvalue weighted by Crippen LogP contribution is 2.32. The van der Waals surface area contributed by atoms with Crippen molar-refractivity contribution < 1.29 is 27.1 Å². The van der Waals surface area contributed by atoms with Gasteiger partial charge in [-0.15, -0.1) is 0 Å². The molecule has 0 saturated carbocycles. The Labute approximate surface area is 156 Å². The first-order chi connectivity index (χ1) is 12.9. The van der Waals surface area contributed by atoms with Crippen LogP contribution < -0.4 is 19.5 Å². The molecule has 0 unspecified atom stereocenters. The summed E-state index contributed by atoms with van der Waals surface area (Å²) in [6, 6.07) is 9.97. The summed E-state index contributed by atoms with van der Waals surface area (Å²) in [6.45, 7) is 0.646. The summed E-state index contributed by atoms with van der Waals surface area (Å²) in [5, 5.41) is 2.77. The van der Waals surface area contributed by atoms with Crippen LogP contribution in [-0.2, 0) is 21.4 Å². The quantitative estimate of drug-likeness (QED) is 0.668. The van der Waals surface area contributed by atoms with E-state index < -0.39 is 15.8 Å². The molecule has 0 aliphatic carbocycles. The van der Waals surface area contributed by atoms with E-state index in [1.807, 2.05) is 6.07 Å². The van der Waals surface area contributed by atoms with Gasteiger partial charge in [0.25, 0.3) is 0 Å². The lowest BCUT2D eigenvalue weighted by molar-refractivity contribution is -0.121. The molecule has 2 aromatic rings. The Hall–Kier alpha value is -2.65. The van der Waals surface area contributed by atoms with Crippen LogP contribution in [0.5, 0.6) is 11.5 Å². The zero-order valence-electron chi connectivity index (χ0n) is 14.4. The molecule has 0 spiro atoms. The molecule has 1 aliphatic rings. The Morgan fingerprint density at radius 3 is 2.59 bits per heavy atom. The third-order valence-electron chi connectivity index (χ3n) is 3.92. The molecular formula is C18H19FN2O5S. The van der Waals surface area contributed by atoms with Gasteiger partial charge in [0.1, 0.15) is 5.82 Å². The number of amides is 1. The highest BCUT2D eigenvalue weighted by atomic mass is 32.2. The van der Waals surface area contributed by atoms with Gasteiger partial charge in [0, 0.05) is 19.5 Å². The fourth-order valence-corrected chi connectivity index (χ4v) is 3.57. The number of carbonyl (C=O) groups is 1. The number of nitrogens with one attached hydrogen (secondary N) is 2. The Morgan fingerprint density at radius 2 is 1.81 bits per heavy atom. The van der Waals surface area contributed by atoms with E-state index in [1.165, 1.54) is 12.1 Å². The average Bonchev–Trinajstić information content (AvgIpc) is 3.12. The normalized spacial score (nSPS) is 12.8. The largest absolute Gasteiger partial charge is 0.454 e. The molecule has 1 aliphatic heterocycles. The van der Waals surface area contributed by atoms with Crippen molar-refractivity contribution in [3.8, 4) is 11.5 Å². The zero-order valence-corrected chi connectivity index (χ0v) is 15.2. The second-order valence-electron chi connectivity index (χ2n) is 5.92. The second kappa shape index (κ2) is 8.36. The van der Waals surface area contributed by atoms with E-state index in [0.29, 0.717) is 24.5 Å². The molecule has 9 heteroatoms. The molecule has 2 aromatic carbocycles. The van der Waals surface area contributed by atoms with E-state index in [2.05, 4.69) is 10.0 Å². The number of halogens is 1. The minimum absolute atomic E-state index is 0.0174. The minimum atomic E-state index is -3.71. The summed E-state index contributed by atoms with van der Waals surface area (Å²) in [4.78, 5) is 11.9. The van der Waals surface area contributed by atoms with Crippen LogP contribution in [0.2, 0.25) is 0 Å². The highest BCUT2D eigenvalue weighted by molar-refractivity contribution is 7.89. The van der Waals surface area contributed by atoms with Crippen LogP contribution in [-0.4, -0.2) is 27.7 Å². The van der Waals surface area contributed by atoms with E-state index in [4.69, 9.17) is 9.47 Å². The third kappa shape index (κ3) is 5.18. The van der Waals surface area contributed by atoms with Crippen LogP contribution in [0.3, 0.4) is 0 Å². The fourth-order valence-electron chi connectivity index (χ4n) is 2.49. The van der Waals surface area contributed by atoms with E-state index >= 15 is 0 Å². The summed E-state index contributed by atoms with van der Waals surface area (Å²) >= 11 is 0. The maximum Gasteiger partial charge on any atom is 0.240 e. The van der Waals surface area contributed by atoms with Gasteiger partial charge in [-0.3, -0.25) is 4.79 Å². The van der Waals surface area contributed by atoms with Crippen LogP contribution in [0.25, 0.3) is 0 Å². The SMILES string of the molecule is O=C(CCCNS(=O)(=O)c1ccc(F)cc1)NCc1ccc2c(c1)OCO2. The Bertz CT molecular complexity index is 916. The molecule has 0 aromatic heterocycles. The van der Waals surface area contributed by atoms with Gasteiger partial charge in [0.05, 0.1) is 4.90 Å². The highest BCUT2D eigenvalue weighted by Gasteiger charge is 2.14. The molecule has 144 valence electrons. The number of sulfonamides is 1. The summed E-state index contributed by atoms with van der Waals surface area (Å²) < 4.78 is 49.8. The number of benzene rings is 2. The van der Waals surface area contributed by atoms with Gasteiger partial charge in [-0.2, -0.15) is 0 Å². The molecule has 0 radical (unpaired) electrons. The molecule has 27 heavy (non-hydrogen) atoms. The van der Waals surface area contributed by atoms with Crippen molar-refractivity contribution in [2.75, 3.05) is 13.3 Å². The number of hydrogen-bond acceptors (Lipinski definition) is 5. The molecule has 0 saturated heterocycles. The summed E-state index contributed by atoms with van der Waals surface area (Å²) in [5.74, 6) is 0.636. The molecule has 0 atom stereocenters. The molecule has 1 heterocycles. The van der Waals surface area contributed by atoms with Crippen LogP contribution in [0.4, 0.5) is 4.39 Å². The summed E-state index contributed by atoms with van der Waals surface area (Å²) in [6.07, 6.45) is 0.518. The van der Waals surface area contributed by atoms with Crippen molar-refractivity contribution in [1.29, 1.82) is 0 Å². The van der Waals surface area contributed by atoms with E-state index in [-0.39, 0.29) is 30.6 Å². The minimum Gasteiger partial charge on any atom is -0.454 e. The fraction of sp³-hybridized carbons (Fsp3) is 0.278. The number of carbonyl (C=O) groups excluding carboxylic acids is 1. The zero-order chi connectivity index (χ0) is 19.3. The number of rotatable bonds is 8. The van der Waals surface area contributed by atoms with Gasteiger partial charge in [0.2, 0.25) is 22.7 Å². The lowest BCUT2D eigenvalue weighted by Crippen LogP contribution is -2.27. The molecule has 7 nitrogen and oxygen atoms in total. The second-order valence-corrected chi connectivity index (χ2v) is 7.69. The van der Waals surface area contributed by atoms with E-state index in [9.17, 15) is 17.6 Å². The Balaban J connectivity index is 1.39. The first-order valence-corrected chi connectivity index (χ1v) is 9.83. The van der Waals surface area contributed by atoms with Crippen molar-refractivity contribution in [3.63, 3.8) is 0 Å². The average molecular weight is 394 g/mol. The Kier molecular flexibility index (Phi) is 5.92. The molecule has 0 fully saturated rings. The maximum absolute atomic E-state index is 12.9. The lowest BCUT2D eigenvalue weighted by Gasteiger charge is -2.08. The smallest absolute Gasteiger partial charge is 0.240 e. The van der Waals surface area contributed by atoms with Gasteiger partial charge in [-0.25, -0.2) is 17.5 Å². The van der Waals surface area contributed by atoms with Crippen molar-refractivity contribution >= 4 is 15.9 Å². The van der Waals surface area contributed by atoms with Crippen molar-refractivity contribution in [2.24, 2.45) is 0 Å². The van der Waals surface area contributed by atoms with E-state index in [1.54, 1.807) is 12.1 Å². The molecular weight excluding hydrogens is 375 g/mol. The van der Waals surface area contributed by atoms with Crippen LogP contribution in [0.1, 0.15) is 18.4 Å². The van der Waals surface area contributed by atoms with Gasteiger partial charge in [-0.1, -0.05) is 6.07 Å². The van der Waals surface area contributed by atoms with Crippen LogP contribution in [0.15, 0.2) is 47.4 Å². The van der Waals surface area contributed by atoms with E-state index in [0.717, 1.165) is 17.7 Å². The Morgan fingerprint density at radius 1 is 1.07 bits per heavy atom. The predicted molar refractivity (Wildman–Crippen MR) is 95.2 cm³/mol. The van der Waals surface area contributed by atoms with Crippen LogP contribution in [0, 0.1) is 5.82 Å². The van der Waals surface area contributed by atoms with Crippen LogP contribution >= 0.6 is 0 Å². The van der Waals surface area contributed by atoms with Crippen molar-refractivity contribution in [2.45, 2.75) is 24.3 Å². The third-order valence-corrected chi connectivity index (χ3v) is 5.40. The molecule has 3 rings (SSSR count). The first-order valence-electron chi connectivity index (χ1n) is 8.34. The topological polar surface area (TPSA) is 93.7 Å². The number of hydrogen-bond donors (Lipinski definition) is 2. The van der Waals surface area contributed by atoms with Gasteiger partial charge in [0.15, 0.2) is 11.5 Å². The van der Waals surface area contributed by atoms with Gasteiger partial charge in [-0.05, 0) is 48.4 Å². The standard InChI is InChI=1S/C18H19FN2O5S/c19-14-4-6-15(7-5-14)27(23,24)21-9-1-2-18(22)20-11-13-3-8-16-17(10-13)26-12-25-16/h3-8,10,21H,1-2,9,11-12H2,(H,20,22). The maximum atomic E-state index is 12.9. The summed E-state index contributed by atoms with van der Waals surface area (Å²) in [5.41, 5.74) is 0.879. The van der Waals surface area contributed by atoms with Gasteiger partial charge >= 0.3 is 0 Å². The summed E-state index contributed by atoms with van der Waals surface area (Å²) in [7, 11) is -3.71. The molecule has 2 N–H and O–H groups in total. The number of fused-ring (bicyclic) bond motifs is 1. The first kappa shape index (κ1) is 19.1. The molecule has 1 amide bonds. The monoisotopic (exact) mass is 394 g/mol. The van der Waals surface area contributed by atoms with Crippen molar-refractivity contribution in [1.82, 2.24) is 10.0 Å².